The van der Waals surface area contributed by atoms with Crippen LogP contribution in [0.5, 0.6) is 0 Å². The van der Waals surface area contributed by atoms with Gasteiger partial charge in [-0.1, -0.05) is 56.5 Å². The summed E-state index contributed by atoms with van der Waals surface area (Å²) in [5, 5.41) is 1.22. The number of carbonyl (C=O) groups is 1. The molecule has 0 saturated heterocycles. The lowest BCUT2D eigenvalue weighted by atomic mass is 9.75. The van der Waals surface area contributed by atoms with E-state index in [-0.39, 0.29) is 23.9 Å². The second-order valence-electron chi connectivity index (χ2n) is 8.62. The highest BCUT2D eigenvalue weighted by atomic mass is 35.5. The lowest BCUT2D eigenvalue weighted by Crippen LogP contribution is -2.36. The second-order valence-corrected chi connectivity index (χ2v) is 9.43. The predicted octanol–water partition coefficient (Wildman–Crippen LogP) is 6.15. The molecule has 2 fully saturated rings. The standard InChI is InChI=1S/C22H30Cl2O3/c1-13(2)16-8-7-14(3)9-21(16)27-22(25)17-10-15(17)11-26-12-18-19(23)5-4-6-20(18)24/h4-6,13-17,21H,7-12H2,1-3H3. The van der Waals surface area contributed by atoms with Crippen molar-refractivity contribution in [3.63, 3.8) is 0 Å². The summed E-state index contributed by atoms with van der Waals surface area (Å²) in [6.45, 7) is 7.62. The molecule has 0 N–H and O–H groups in total. The van der Waals surface area contributed by atoms with Gasteiger partial charge in [-0.3, -0.25) is 4.79 Å². The van der Waals surface area contributed by atoms with E-state index in [1.165, 1.54) is 6.42 Å². The second kappa shape index (κ2) is 9.15. The maximum absolute atomic E-state index is 12.6. The van der Waals surface area contributed by atoms with E-state index in [1.807, 2.05) is 6.07 Å². The van der Waals surface area contributed by atoms with Crippen LogP contribution < -0.4 is 0 Å². The number of benzene rings is 1. The number of hydrogen-bond acceptors (Lipinski definition) is 3. The van der Waals surface area contributed by atoms with Gasteiger partial charge in [0.15, 0.2) is 0 Å². The normalized spacial score (nSPS) is 30.4. The van der Waals surface area contributed by atoms with Crippen molar-refractivity contribution in [2.75, 3.05) is 6.61 Å². The monoisotopic (exact) mass is 412 g/mol. The molecular weight excluding hydrogens is 383 g/mol. The lowest BCUT2D eigenvalue weighted by Gasteiger charge is -2.36. The van der Waals surface area contributed by atoms with E-state index in [4.69, 9.17) is 32.7 Å². The van der Waals surface area contributed by atoms with Crippen LogP contribution >= 0.6 is 23.2 Å². The first-order valence-electron chi connectivity index (χ1n) is 10.1. The van der Waals surface area contributed by atoms with Gasteiger partial charge in [-0.05, 0) is 55.1 Å². The third-order valence-corrected chi connectivity index (χ3v) is 6.80. The zero-order valence-electron chi connectivity index (χ0n) is 16.4. The zero-order valence-corrected chi connectivity index (χ0v) is 17.9. The van der Waals surface area contributed by atoms with Gasteiger partial charge in [0.05, 0.1) is 19.1 Å². The van der Waals surface area contributed by atoms with Crippen molar-refractivity contribution in [3.05, 3.63) is 33.8 Å². The first-order chi connectivity index (χ1) is 12.9. The van der Waals surface area contributed by atoms with E-state index < -0.39 is 0 Å². The van der Waals surface area contributed by atoms with Crippen molar-refractivity contribution in [3.8, 4) is 0 Å². The Bertz CT molecular complexity index is 641. The molecule has 0 radical (unpaired) electrons. The minimum atomic E-state index is -0.0378. The van der Waals surface area contributed by atoms with E-state index in [0.29, 0.717) is 41.0 Å². The molecule has 2 aliphatic carbocycles. The molecule has 0 bridgehead atoms. The Morgan fingerprint density at radius 1 is 1.19 bits per heavy atom. The Balaban J connectivity index is 1.45. The fourth-order valence-corrected chi connectivity index (χ4v) is 4.70. The minimum absolute atomic E-state index is 0.0169. The smallest absolute Gasteiger partial charge is 0.309 e. The van der Waals surface area contributed by atoms with Gasteiger partial charge in [0, 0.05) is 15.6 Å². The molecule has 5 atom stereocenters. The van der Waals surface area contributed by atoms with Gasteiger partial charge in [0.25, 0.3) is 0 Å². The quantitative estimate of drug-likeness (QED) is 0.503. The SMILES string of the molecule is CC1CCC(C(C)C)C(OC(=O)C2CC2COCc2c(Cl)cccc2Cl)C1. The van der Waals surface area contributed by atoms with Crippen LogP contribution in [-0.4, -0.2) is 18.7 Å². The number of ether oxygens (including phenoxy) is 2. The molecule has 0 amide bonds. The first kappa shape index (κ1) is 21.0. The number of halogens is 2. The molecule has 3 nitrogen and oxygen atoms in total. The summed E-state index contributed by atoms with van der Waals surface area (Å²) in [4.78, 5) is 12.6. The Kier molecular flexibility index (Phi) is 7.10. The molecule has 0 aliphatic heterocycles. The van der Waals surface area contributed by atoms with Gasteiger partial charge >= 0.3 is 5.97 Å². The fraction of sp³-hybridized carbons (Fsp3) is 0.682. The largest absolute Gasteiger partial charge is 0.462 e. The van der Waals surface area contributed by atoms with Crippen LogP contribution in [0.3, 0.4) is 0 Å². The fourth-order valence-electron chi connectivity index (χ4n) is 4.19. The number of rotatable bonds is 7. The molecule has 0 heterocycles. The van der Waals surface area contributed by atoms with Crippen molar-refractivity contribution < 1.29 is 14.3 Å². The van der Waals surface area contributed by atoms with Crippen LogP contribution in [0.2, 0.25) is 10.0 Å². The van der Waals surface area contributed by atoms with Crippen LogP contribution in [0.15, 0.2) is 18.2 Å². The maximum Gasteiger partial charge on any atom is 0.309 e. The Labute approximate surface area is 172 Å². The van der Waals surface area contributed by atoms with Crippen LogP contribution in [0, 0.1) is 29.6 Å². The predicted molar refractivity (Wildman–Crippen MR) is 109 cm³/mol. The van der Waals surface area contributed by atoms with Gasteiger partial charge in [0.1, 0.15) is 6.10 Å². The molecule has 2 aliphatic rings. The Morgan fingerprint density at radius 3 is 2.56 bits per heavy atom. The van der Waals surface area contributed by atoms with E-state index in [9.17, 15) is 4.79 Å². The van der Waals surface area contributed by atoms with Gasteiger partial charge in [-0.25, -0.2) is 0 Å². The van der Waals surface area contributed by atoms with Crippen LogP contribution in [0.4, 0.5) is 0 Å². The van der Waals surface area contributed by atoms with Crippen LogP contribution in [0.1, 0.15) is 52.0 Å². The van der Waals surface area contributed by atoms with Crippen molar-refractivity contribution >= 4 is 29.2 Å². The molecule has 0 aromatic heterocycles. The van der Waals surface area contributed by atoms with E-state index in [0.717, 1.165) is 24.8 Å². The van der Waals surface area contributed by atoms with Crippen LogP contribution in [0.25, 0.3) is 0 Å². The Morgan fingerprint density at radius 2 is 1.89 bits per heavy atom. The zero-order chi connectivity index (χ0) is 19.6. The first-order valence-corrected chi connectivity index (χ1v) is 10.8. The molecule has 2 saturated carbocycles. The van der Waals surface area contributed by atoms with Crippen molar-refractivity contribution in [2.24, 2.45) is 29.6 Å². The summed E-state index contributed by atoms with van der Waals surface area (Å²) in [7, 11) is 0. The molecule has 0 spiro atoms. The molecule has 1 aromatic rings. The van der Waals surface area contributed by atoms with Gasteiger partial charge in [-0.15, -0.1) is 0 Å². The topological polar surface area (TPSA) is 35.5 Å². The molecule has 5 unspecified atom stereocenters. The molecule has 27 heavy (non-hydrogen) atoms. The van der Waals surface area contributed by atoms with E-state index >= 15 is 0 Å². The van der Waals surface area contributed by atoms with E-state index in [2.05, 4.69) is 20.8 Å². The highest BCUT2D eigenvalue weighted by Gasteiger charge is 2.46. The molecule has 3 rings (SSSR count). The van der Waals surface area contributed by atoms with Crippen molar-refractivity contribution in [1.29, 1.82) is 0 Å². The van der Waals surface area contributed by atoms with Gasteiger partial charge in [0.2, 0.25) is 0 Å². The minimum Gasteiger partial charge on any atom is -0.462 e. The summed E-state index contributed by atoms with van der Waals surface area (Å²) in [5.41, 5.74) is 0.802. The average Bonchev–Trinajstić information content (AvgIpc) is 3.37. The Hall–Kier alpha value is -0.770. The highest BCUT2D eigenvalue weighted by Crippen LogP contribution is 2.42. The number of carbonyl (C=O) groups excluding carboxylic acids is 1. The average molecular weight is 413 g/mol. The van der Waals surface area contributed by atoms with Crippen molar-refractivity contribution in [1.82, 2.24) is 0 Å². The van der Waals surface area contributed by atoms with Crippen LogP contribution in [-0.2, 0) is 20.9 Å². The molecular formula is C22H30Cl2O3. The van der Waals surface area contributed by atoms with E-state index in [1.54, 1.807) is 12.1 Å². The summed E-state index contributed by atoms with van der Waals surface area (Å²) >= 11 is 12.3. The van der Waals surface area contributed by atoms with Crippen molar-refractivity contribution in [2.45, 2.75) is 59.2 Å². The third kappa shape index (κ3) is 5.40. The number of esters is 1. The summed E-state index contributed by atoms with van der Waals surface area (Å²) in [5.74, 6) is 1.87. The highest BCUT2D eigenvalue weighted by molar-refractivity contribution is 6.35. The molecule has 1 aromatic carbocycles. The van der Waals surface area contributed by atoms with Gasteiger partial charge < -0.3 is 9.47 Å². The molecule has 150 valence electrons. The number of hydrogen-bond donors (Lipinski definition) is 0. The molecule has 5 heteroatoms. The lowest BCUT2D eigenvalue weighted by molar-refractivity contribution is -0.158. The summed E-state index contributed by atoms with van der Waals surface area (Å²) in [6.07, 6.45) is 4.32. The summed E-state index contributed by atoms with van der Waals surface area (Å²) < 4.78 is 11.7. The summed E-state index contributed by atoms with van der Waals surface area (Å²) in [6, 6.07) is 5.43. The van der Waals surface area contributed by atoms with Gasteiger partial charge in [-0.2, -0.15) is 0 Å². The third-order valence-electron chi connectivity index (χ3n) is 6.09. The maximum atomic E-state index is 12.6.